The van der Waals surface area contributed by atoms with Crippen molar-refractivity contribution in [3.8, 4) is 0 Å². The normalized spacial score (nSPS) is 12.7. The monoisotopic (exact) mass is 128 g/mol. The Hall–Kier alpha value is -0.530. The summed E-state index contributed by atoms with van der Waals surface area (Å²) in [6.07, 6.45) is 2.01. The molecule has 0 radical (unpaired) electrons. The summed E-state index contributed by atoms with van der Waals surface area (Å²) < 4.78 is 0. The maximum absolute atomic E-state index is 5.54. The molecule has 2 N–H and O–H groups in total. The van der Waals surface area contributed by atoms with Gasteiger partial charge in [0.15, 0.2) is 0 Å². The minimum absolute atomic E-state index is 0.344. The van der Waals surface area contributed by atoms with Crippen molar-refractivity contribution >= 4 is 5.84 Å². The lowest BCUT2D eigenvalue weighted by atomic mass is 10.3. The number of rotatable bonds is 3. The SMILES string of the molecule is CCCC(N)=NC(C)C. The zero-order chi connectivity index (χ0) is 7.28. The quantitative estimate of drug-likeness (QED) is 0.454. The molecule has 0 rings (SSSR count). The van der Waals surface area contributed by atoms with Gasteiger partial charge in [-0.3, -0.25) is 4.99 Å². The van der Waals surface area contributed by atoms with Gasteiger partial charge in [-0.15, -0.1) is 0 Å². The zero-order valence-electron chi connectivity index (χ0n) is 6.52. The number of hydrogen-bond donors (Lipinski definition) is 1. The first-order valence-electron chi connectivity index (χ1n) is 3.49. The van der Waals surface area contributed by atoms with Gasteiger partial charge in [0.25, 0.3) is 0 Å². The van der Waals surface area contributed by atoms with E-state index in [1.165, 1.54) is 0 Å². The highest BCUT2D eigenvalue weighted by atomic mass is 14.9. The van der Waals surface area contributed by atoms with Crippen LogP contribution < -0.4 is 5.73 Å². The molecule has 0 heterocycles. The van der Waals surface area contributed by atoms with E-state index < -0.39 is 0 Å². The van der Waals surface area contributed by atoms with Gasteiger partial charge in [0.05, 0.1) is 5.84 Å². The van der Waals surface area contributed by atoms with Gasteiger partial charge in [0, 0.05) is 12.5 Å². The lowest BCUT2D eigenvalue weighted by molar-refractivity contribution is 0.820. The van der Waals surface area contributed by atoms with Gasteiger partial charge in [0.1, 0.15) is 0 Å². The van der Waals surface area contributed by atoms with Crippen molar-refractivity contribution in [2.24, 2.45) is 10.7 Å². The molecule has 0 aliphatic carbocycles. The van der Waals surface area contributed by atoms with Crippen molar-refractivity contribution in [2.45, 2.75) is 39.7 Å². The van der Waals surface area contributed by atoms with E-state index in [9.17, 15) is 0 Å². The van der Waals surface area contributed by atoms with Crippen molar-refractivity contribution in [1.82, 2.24) is 0 Å². The summed E-state index contributed by atoms with van der Waals surface area (Å²) in [5, 5.41) is 0. The number of nitrogens with two attached hydrogens (primary N) is 1. The summed E-state index contributed by atoms with van der Waals surface area (Å²) in [6, 6.07) is 0.344. The van der Waals surface area contributed by atoms with E-state index in [1.54, 1.807) is 0 Å². The van der Waals surface area contributed by atoms with E-state index in [2.05, 4.69) is 11.9 Å². The Morgan fingerprint density at radius 3 is 2.44 bits per heavy atom. The highest BCUT2D eigenvalue weighted by molar-refractivity contribution is 5.80. The predicted molar refractivity (Wildman–Crippen MR) is 41.7 cm³/mol. The molecule has 2 heteroatoms. The molecule has 0 saturated heterocycles. The molecule has 0 bridgehead atoms. The number of hydrogen-bond acceptors (Lipinski definition) is 1. The second-order valence-electron chi connectivity index (χ2n) is 2.46. The topological polar surface area (TPSA) is 38.4 Å². The zero-order valence-corrected chi connectivity index (χ0v) is 6.52. The van der Waals surface area contributed by atoms with Crippen LogP contribution in [-0.2, 0) is 0 Å². The van der Waals surface area contributed by atoms with Crippen molar-refractivity contribution in [1.29, 1.82) is 0 Å². The minimum Gasteiger partial charge on any atom is -0.387 e. The van der Waals surface area contributed by atoms with Gasteiger partial charge in [-0.1, -0.05) is 6.92 Å². The molecule has 0 aromatic rings. The van der Waals surface area contributed by atoms with Crippen molar-refractivity contribution in [3.63, 3.8) is 0 Å². The van der Waals surface area contributed by atoms with E-state index in [0.29, 0.717) is 6.04 Å². The summed E-state index contributed by atoms with van der Waals surface area (Å²) in [4.78, 5) is 4.16. The maximum atomic E-state index is 5.54. The predicted octanol–water partition coefficient (Wildman–Crippen LogP) is 1.55. The first-order chi connectivity index (χ1) is 4.16. The van der Waals surface area contributed by atoms with E-state index >= 15 is 0 Å². The molecule has 54 valence electrons. The molecule has 0 atom stereocenters. The summed E-state index contributed by atoms with van der Waals surface area (Å²) in [7, 11) is 0. The average molecular weight is 128 g/mol. The lowest BCUT2D eigenvalue weighted by Gasteiger charge is -1.99. The molecule has 0 aliphatic heterocycles. The molecule has 0 saturated carbocycles. The van der Waals surface area contributed by atoms with Gasteiger partial charge in [-0.05, 0) is 20.3 Å². The Morgan fingerprint density at radius 1 is 1.56 bits per heavy atom. The van der Waals surface area contributed by atoms with Crippen LogP contribution in [0.3, 0.4) is 0 Å². The second kappa shape index (κ2) is 4.36. The highest BCUT2D eigenvalue weighted by Gasteiger charge is 1.90. The fraction of sp³-hybridized carbons (Fsp3) is 0.857. The molecule has 0 aliphatic rings. The van der Waals surface area contributed by atoms with Crippen LogP contribution in [-0.4, -0.2) is 11.9 Å². The van der Waals surface area contributed by atoms with E-state index in [4.69, 9.17) is 5.73 Å². The molecular formula is C7H16N2. The van der Waals surface area contributed by atoms with Gasteiger partial charge >= 0.3 is 0 Å². The van der Waals surface area contributed by atoms with Crippen LogP contribution in [0.15, 0.2) is 4.99 Å². The van der Waals surface area contributed by atoms with Crippen LogP contribution in [0, 0.1) is 0 Å². The Bertz CT molecular complexity index is 95.1. The number of nitrogens with zero attached hydrogens (tertiary/aromatic N) is 1. The van der Waals surface area contributed by atoms with Crippen LogP contribution in [0.25, 0.3) is 0 Å². The third kappa shape index (κ3) is 5.34. The second-order valence-corrected chi connectivity index (χ2v) is 2.46. The maximum Gasteiger partial charge on any atom is 0.0940 e. The summed E-state index contributed by atoms with van der Waals surface area (Å²) in [5.41, 5.74) is 5.54. The summed E-state index contributed by atoms with van der Waals surface area (Å²) >= 11 is 0. The van der Waals surface area contributed by atoms with E-state index in [0.717, 1.165) is 18.7 Å². The van der Waals surface area contributed by atoms with Crippen LogP contribution in [0.2, 0.25) is 0 Å². The smallest absolute Gasteiger partial charge is 0.0940 e. The van der Waals surface area contributed by atoms with E-state index in [-0.39, 0.29) is 0 Å². The van der Waals surface area contributed by atoms with E-state index in [1.807, 2.05) is 13.8 Å². The third-order valence-electron chi connectivity index (χ3n) is 0.930. The lowest BCUT2D eigenvalue weighted by Crippen LogP contribution is -2.13. The third-order valence-corrected chi connectivity index (χ3v) is 0.930. The molecule has 9 heavy (non-hydrogen) atoms. The Labute approximate surface area is 57.2 Å². The van der Waals surface area contributed by atoms with Gasteiger partial charge < -0.3 is 5.73 Å². The molecule has 0 amide bonds. The minimum atomic E-state index is 0.344. The van der Waals surface area contributed by atoms with Crippen LogP contribution in [0.1, 0.15) is 33.6 Å². The number of amidine groups is 1. The molecule has 0 aromatic carbocycles. The molecule has 0 spiro atoms. The highest BCUT2D eigenvalue weighted by Crippen LogP contribution is 1.90. The molecule has 2 nitrogen and oxygen atoms in total. The fourth-order valence-electron chi connectivity index (χ4n) is 0.652. The first kappa shape index (κ1) is 8.47. The summed E-state index contributed by atoms with van der Waals surface area (Å²) in [5.74, 6) is 0.785. The van der Waals surface area contributed by atoms with Gasteiger partial charge in [0.2, 0.25) is 0 Å². The van der Waals surface area contributed by atoms with Crippen molar-refractivity contribution < 1.29 is 0 Å². The van der Waals surface area contributed by atoms with Gasteiger partial charge in [-0.2, -0.15) is 0 Å². The van der Waals surface area contributed by atoms with Crippen molar-refractivity contribution in [3.05, 3.63) is 0 Å². The first-order valence-corrected chi connectivity index (χ1v) is 3.49. The Morgan fingerprint density at radius 2 is 2.11 bits per heavy atom. The summed E-state index contributed by atoms with van der Waals surface area (Å²) in [6.45, 7) is 6.16. The number of aliphatic imine (C=N–C) groups is 1. The Kier molecular flexibility index (Phi) is 4.10. The van der Waals surface area contributed by atoms with Crippen LogP contribution in [0.5, 0.6) is 0 Å². The standard InChI is InChI=1S/C7H16N2/c1-4-5-7(8)9-6(2)3/h6H,4-5H2,1-3H3,(H2,8,9). The average Bonchev–Trinajstić information content (AvgIpc) is 1.63. The van der Waals surface area contributed by atoms with Crippen LogP contribution >= 0.6 is 0 Å². The van der Waals surface area contributed by atoms with Gasteiger partial charge in [-0.25, -0.2) is 0 Å². The molecule has 0 fully saturated rings. The van der Waals surface area contributed by atoms with Crippen LogP contribution in [0.4, 0.5) is 0 Å². The molecule has 0 unspecified atom stereocenters. The van der Waals surface area contributed by atoms with Crippen molar-refractivity contribution in [2.75, 3.05) is 0 Å². The largest absolute Gasteiger partial charge is 0.387 e. The fourth-order valence-corrected chi connectivity index (χ4v) is 0.652. The Balaban J connectivity index is 3.55. The molecule has 0 aromatic heterocycles. The molecular weight excluding hydrogens is 112 g/mol.